The molecule has 0 amide bonds. The van der Waals surface area contributed by atoms with E-state index in [0.717, 1.165) is 29.9 Å². The third-order valence-electron chi connectivity index (χ3n) is 3.87. The molecule has 0 spiro atoms. The van der Waals surface area contributed by atoms with Gasteiger partial charge in [0.1, 0.15) is 0 Å². The Balaban J connectivity index is 1.81. The summed E-state index contributed by atoms with van der Waals surface area (Å²) in [5, 5.41) is 4.63. The van der Waals surface area contributed by atoms with Gasteiger partial charge in [0.05, 0.1) is 5.52 Å². The number of rotatable bonds is 4. The molecule has 1 atom stereocenters. The van der Waals surface area contributed by atoms with E-state index in [0.29, 0.717) is 12.1 Å². The first kappa shape index (κ1) is 13.3. The summed E-state index contributed by atoms with van der Waals surface area (Å²) in [6.45, 7) is 6.44. The summed E-state index contributed by atoms with van der Waals surface area (Å²) in [4.78, 5) is 11.6. The Labute approximate surface area is 120 Å². The molecular formula is C16H22N4. The van der Waals surface area contributed by atoms with Crippen LogP contribution >= 0.6 is 0 Å². The fourth-order valence-corrected chi connectivity index (χ4v) is 2.78. The summed E-state index contributed by atoms with van der Waals surface area (Å²) in [7, 11) is 0. The molecule has 4 heteroatoms. The van der Waals surface area contributed by atoms with Crippen LogP contribution in [-0.2, 0) is 0 Å². The zero-order valence-electron chi connectivity index (χ0n) is 12.2. The lowest BCUT2D eigenvalue weighted by atomic mass is 10.2. The lowest BCUT2D eigenvalue weighted by Gasteiger charge is -2.25. The Kier molecular flexibility index (Phi) is 3.83. The fraction of sp³-hybridized carbons (Fsp3) is 0.500. The van der Waals surface area contributed by atoms with Crippen LogP contribution in [0.4, 0.5) is 5.95 Å². The maximum Gasteiger partial charge on any atom is 0.226 e. The molecule has 2 aromatic rings. The van der Waals surface area contributed by atoms with Gasteiger partial charge in [0.2, 0.25) is 5.95 Å². The van der Waals surface area contributed by atoms with Crippen molar-refractivity contribution in [2.75, 3.05) is 18.0 Å². The zero-order valence-corrected chi connectivity index (χ0v) is 12.2. The van der Waals surface area contributed by atoms with E-state index < -0.39 is 0 Å². The highest BCUT2D eigenvalue weighted by Gasteiger charge is 2.26. The van der Waals surface area contributed by atoms with Crippen LogP contribution in [0.2, 0.25) is 0 Å². The molecule has 0 saturated carbocycles. The van der Waals surface area contributed by atoms with Gasteiger partial charge in [-0.2, -0.15) is 0 Å². The van der Waals surface area contributed by atoms with Gasteiger partial charge in [-0.3, -0.25) is 0 Å². The summed E-state index contributed by atoms with van der Waals surface area (Å²) in [6, 6.07) is 9.20. The molecule has 1 saturated heterocycles. The van der Waals surface area contributed by atoms with Gasteiger partial charge < -0.3 is 10.2 Å². The second-order valence-corrected chi connectivity index (χ2v) is 5.78. The molecule has 1 N–H and O–H groups in total. The molecule has 1 unspecified atom stereocenters. The third kappa shape index (κ3) is 2.75. The smallest absolute Gasteiger partial charge is 0.226 e. The number of benzene rings is 1. The lowest BCUT2D eigenvalue weighted by molar-refractivity contribution is 0.521. The molecule has 1 aromatic heterocycles. The first-order chi connectivity index (χ1) is 9.74. The number of nitrogens with one attached hydrogen (secondary N) is 1. The molecule has 3 rings (SSSR count). The van der Waals surface area contributed by atoms with Crippen molar-refractivity contribution in [3.8, 4) is 0 Å². The van der Waals surface area contributed by atoms with Crippen LogP contribution in [0, 0.1) is 0 Å². The van der Waals surface area contributed by atoms with E-state index in [9.17, 15) is 0 Å². The Bertz CT molecular complexity index is 581. The van der Waals surface area contributed by atoms with Gasteiger partial charge in [-0.1, -0.05) is 32.0 Å². The highest BCUT2D eigenvalue weighted by Crippen LogP contribution is 2.23. The molecule has 1 aliphatic rings. The molecule has 0 aliphatic carbocycles. The summed E-state index contributed by atoms with van der Waals surface area (Å²) in [5.41, 5.74) is 1.03. The Morgan fingerprint density at radius 3 is 3.05 bits per heavy atom. The SMILES string of the molecule is CC(C)NCC1CCCN1c1ncc2ccccc2n1. The van der Waals surface area contributed by atoms with Gasteiger partial charge in [-0.25, -0.2) is 9.97 Å². The molecule has 20 heavy (non-hydrogen) atoms. The monoisotopic (exact) mass is 270 g/mol. The van der Waals surface area contributed by atoms with E-state index in [1.807, 2.05) is 18.3 Å². The number of nitrogens with zero attached hydrogens (tertiary/aromatic N) is 3. The molecule has 1 aliphatic heterocycles. The first-order valence-corrected chi connectivity index (χ1v) is 7.46. The van der Waals surface area contributed by atoms with E-state index in [4.69, 9.17) is 4.98 Å². The van der Waals surface area contributed by atoms with Crippen molar-refractivity contribution in [3.63, 3.8) is 0 Å². The minimum atomic E-state index is 0.513. The number of fused-ring (bicyclic) bond motifs is 1. The molecular weight excluding hydrogens is 248 g/mol. The Hall–Kier alpha value is -1.68. The minimum Gasteiger partial charge on any atom is -0.337 e. The van der Waals surface area contributed by atoms with Crippen molar-refractivity contribution < 1.29 is 0 Å². The van der Waals surface area contributed by atoms with Crippen LogP contribution in [0.15, 0.2) is 30.5 Å². The average Bonchev–Trinajstić information content (AvgIpc) is 2.93. The quantitative estimate of drug-likeness (QED) is 0.927. The van der Waals surface area contributed by atoms with Crippen molar-refractivity contribution in [3.05, 3.63) is 30.5 Å². The molecule has 1 aromatic carbocycles. The van der Waals surface area contributed by atoms with Crippen molar-refractivity contribution in [1.29, 1.82) is 0 Å². The van der Waals surface area contributed by atoms with Crippen LogP contribution < -0.4 is 10.2 Å². The molecule has 0 radical (unpaired) electrons. The van der Waals surface area contributed by atoms with E-state index in [-0.39, 0.29) is 0 Å². The molecule has 106 valence electrons. The summed E-state index contributed by atoms with van der Waals surface area (Å²) < 4.78 is 0. The summed E-state index contributed by atoms with van der Waals surface area (Å²) >= 11 is 0. The van der Waals surface area contributed by atoms with Crippen LogP contribution in [0.5, 0.6) is 0 Å². The van der Waals surface area contributed by atoms with Crippen molar-refractivity contribution in [2.24, 2.45) is 0 Å². The predicted molar refractivity (Wildman–Crippen MR) is 83.0 cm³/mol. The molecule has 0 bridgehead atoms. The second kappa shape index (κ2) is 5.75. The van der Waals surface area contributed by atoms with E-state index >= 15 is 0 Å². The largest absolute Gasteiger partial charge is 0.337 e. The summed E-state index contributed by atoms with van der Waals surface area (Å²) in [6.07, 6.45) is 4.37. The zero-order chi connectivity index (χ0) is 13.9. The van der Waals surface area contributed by atoms with Gasteiger partial charge in [0.15, 0.2) is 0 Å². The van der Waals surface area contributed by atoms with Gasteiger partial charge >= 0.3 is 0 Å². The highest BCUT2D eigenvalue weighted by atomic mass is 15.3. The standard InChI is InChI=1S/C16H22N4/c1-12(2)17-11-14-7-5-9-20(14)16-18-10-13-6-3-4-8-15(13)19-16/h3-4,6,8,10,12,14,17H,5,7,9,11H2,1-2H3. The van der Waals surface area contributed by atoms with Crippen LogP contribution in [0.3, 0.4) is 0 Å². The number of hydrogen-bond donors (Lipinski definition) is 1. The normalized spacial score (nSPS) is 19.1. The number of aromatic nitrogens is 2. The fourth-order valence-electron chi connectivity index (χ4n) is 2.78. The predicted octanol–water partition coefficient (Wildman–Crippen LogP) is 2.60. The maximum absolute atomic E-state index is 4.72. The molecule has 4 nitrogen and oxygen atoms in total. The molecule has 1 fully saturated rings. The minimum absolute atomic E-state index is 0.513. The second-order valence-electron chi connectivity index (χ2n) is 5.78. The number of hydrogen-bond acceptors (Lipinski definition) is 4. The van der Waals surface area contributed by atoms with E-state index in [1.165, 1.54) is 12.8 Å². The third-order valence-corrected chi connectivity index (χ3v) is 3.87. The summed E-state index contributed by atoms with van der Waals surface area (Å²) in [5.74, 6) is 0.872. The van der Waals surface area contributed by atoms with Crippen LogP contribution in [0.1, 0.15) is 26.7 Å². The average molecular weight is 270 g/mol. The number of para-hydroxylation sites is 1. The van der Waals surface area contributed by atoms with Crippen LogP contribution in [0.25, 0.3) is 10.9 Å². The van der Waals surface area contributed by atoms with E-state index in [1.54, 1.807) is 0 Å². The molecule has 2 heterocycles. The van der Waals surface area contributed by atoms with Crippen molar-refractivity contribution >= 4 is 16.9 Å². The highest BCUT2D eigenvalue weighted by molar-refractivity contribution is 5.78. The van der Waals surface area contributed by atoms with Gasteiger partial charge in [0.25, 0.3) is 0 Å². The first-order valence-electron chi connectivity index (χ1n) is 7.46. The van der Waals surface area contributed by atoms with Gasteiger partial charge in [-0.05, 0) is 18.9 Å². The Morgan fingerprint density at radius 2 is 2.20 bits per heavy atom. The van der Waals surface area contributed by atoms with Crippen LogP contribution in [-0.4, -0.2) is 35.1 Å². The van der Waals surface area contributed by atoms with Crippen molar-refractivity contribution in [1.82, 2.24) is 15.3 Å². The van der Waals surface area contributed by atoms with Gasteiger partial charge in [-0.15, -0.1) is 0 Å². The maximum atomic E-state index is 4.72. The van der Waals surface area contributed by atoms with Crippen molar-refractivity contribution in [2.45, 2.75) is 38.8 Å². The lowest BCUT2D eigenvalue weighted by Crippen LogP contribution is -2.41. The number of anilines is 1. The topological polar surface area (TPSA) is 41.0 Å². The van der Waals surface area contributed by atoms with E-state index in [2.05, 4.69) is 41.2 Å². The Morgan fingerprint density at radius 1 is 1.35 bits per heavy atom. The van der Waals surface area contributed by atoms with Gasteiger partial charge in [0, 0.05) is 36.8 Å².